The molecule has 210 valence electrons. The molecule has 0 aliphatic heterocycles. The van der Waals surface area contributed by atoms with E-state index in [4.69, 9.17) is 4.84 Å². The van der Waals surface area contributed by atoms with Crippen LogP contribution in [-0.4, -0.2) is 23.5 Å². The van der Waals surface area contributed by atoms with Crippen LogP contribution in [0.25, 0.3) is 0 Å². The van der Waals surface area contributed by atoms with Crippen LogP contribution in [0.1, 0.15) is 105 Å². The summed E-state index contributed by atoms with van der Waals surface area (Å²) in [4.78, 5) is 29.2. The first-order valence-corrected chi connectivity index (χ1v) is 13.7. The van der Waals surface area contributed by atoms with E-state index < -0.39 is 17.7 Å². The zero-order valence-electron chi connectivity index (χ0n) is 22.6. The molecule has 2 aromatic carbocycles. The summed E-state index contributed by atoms with van der Waals surface area (Å²) < 4.78 is 39.1. The molecular formula is C30H41F3N2O3. The van der Waals surface area contributed by atoms with E-state index in [1.54, 1.807) is 30.3 Å². The second-order valence-electron chi connectivity index (χ2n) is 9.71. The van der Waals surface area contributed by atoms with E-state index in [-0.39, 0.29) is 19.0 Å². The van der Waals surface area contributed by atoms with Crippen LogP contribution < -0.4 is 5.32 Å². The lowest BCUT2D eigenvalue weighted by molar-refractivity contribution is -0.194. The third-order valence-corrected chi connectivity index (χ3v) is 6.26. The molecule has 0 aromatic heterocycles. The molecule has 0 saturated heterocycles. The fourth-order valence-corrected chi connectivity index (χ4v) is 4.23. The highest BCUT2D eigenvalue weighted by Gasteiger charge is 2.30. The monoisotopic (exact) mass is 534 g/mol. The second kappa shape index (κ2) is 16.9. The maximum absolute atomic E-state index is 13.0. The lowest BCUT2D eigenvalue weighted by Crippen LogP contribution is -2.26. The summed E-state index contributed by atoms with van der Waals surface area (Å²) in [5.74, 6) is -0.715. The lowest BCUT2D eigenvalue weighted by Gasteiger charge is -2.21. The van der Waals surface area contributed by atoms with E-state index in [9.17, 15) is 22.8 Å². The number of alkyl halides is 3. The molecule has 5 nitrogen and oxygen atoms in total. The molecule has 1 amide bonds. The topological polar surface area (TPSA) is 58.6 Å². The predicted molar refractivity (Wildman–Crippen MR) is 143 cm³/mol. The maximum atomic E-state index is 13.0. The first-order valence-electron chi connectivity index (χ1n) is 13.7. The Bertz CT molecular complexity index is 977. The summed E-state index contributed by atoms with van der Waals surface area (Å²) in [6.45, 7) is 4.25. The van der Waals surface area contributed by atoms with Crippen molar-refractivity contribution in [3.8, 4) is 0 Å². The average Bonchev–Trinajstić information content (AvgIpc) is 2.87. The van der Waals surface area contributed by atoms with Gasteiger partial charge in [-0.1, -0.05) is 95.0 Å². The molecule has 38 heavy (non-hydrogen) atoms. The third-order valence-electron chi connectivity index (χ3n) is 6.26. The summed E-state index contributed by atoms with van der Waals surface area (Å²) in [5.41, 5.74) is 0.886. The fourth-order valence-electron chi connectivity index (χ4n) is 4.23. The van der Waals surface area contributed by atoms with E-state index in [0.717, 1.165) is 30.5 Å². The van der Waals surface area contributed by atoms with Gasteiger partial charge in [-0.05, 0) is 35.7 Å². The van der Waals surface area contributed by atoms with E-state index in [0.29, 0.717) is 17.7 Å². The molecule has 0 heterocycles. The Hall–Kier alpha value is -2.87. The number of nitrogens with zero attached hydrogens (tertiary/aromatic N) is 1. The zero-order valence-corrected chi connectivity index (χ0v) is 22.6. The van der Waals surface area contributed by atoms with Crippen LogP contribution in [0.2, 0.25) is 0 Å². The van der Waals surface area contributed by atoms with Gasteiger partial charge in [0, 0.05) is 19.0 Å². The van der Waals surface area contributed by atoms with Crippen molar-refractivity contribution in [3.05, 3.63) is 70.8 Å². The van der Waals surface area contributed by atoms with E-state index in [1.165, 1.54) is 69.4 Å². The van der Waals surface area contributed by atoms with Crippen LogP contribution in [0.5, 0.6) is 0 Å². The number of carbonyl (C=O) groups excluding carboxylic acids is 2. The molecule has 0 bridgehead atoms. The standard InChI is InChI=1S/C30H41F3N2O3/c1-3-4-5-6-7-8-9-10-11-12-20-34-29(37)27-18-16-25(17-19-27)22-35(38-24(2)36)23-26-14-13-15-28(21-26)30(31,32)33/h13-19,21H,3-12,20,22-23H2,1-2H3,(H,34,37). The summed E-state index contributed by atoms with van der Waals surface area (Å²) in [5, 5.41) is 4.25. The lowest BCUT2D eigenvalue weighted by atomic mass is 10.1. The molecule has 0 saturated carbocycles. The van der Waals surface area contributed by atoms with Crippen LogP contribution in [0.4, 0.5) is 13.2 Å². The van der Waals surface area contributed by atoms with Crippen LogP contribution in [0, 0.1) is 0 Å². The van der Waals surface area contributed by atoms with E-state index in [1.807, 2.05) is 0 Å². The van der Waals surface area contributed by atoms with Crippen molar-refractivity contribution in [2.45, 2.75) is 97.3 Å². The summed E-state index contributed by atoms with van der Waals surface area (Å²) in [7, 11) is 0. The first kappa shape index (κ1) is 31.3. The van der Waals surface area contributed by atoms with Gasteiger partial charge < -0.3 is 10.2 Å². The minimum absolute atomic E-state index is 0.00933. The van der Waals surface area contributed by atoms with Gasteiger partial charge in [0.05, 0.1) is 18.7 Å². The fraction of sp³-hybridized carbons (Fsp3) is 0.533. The van der Waals surface area contributed by atoms with Gasteiger partial charge in [0.25, 0.3) is 5.91 Å². The zero-order chi connectivity index (χ0) is 27.8. The second-order valence-corrected chi connectivity index (χ2v) is 9.71. The van der Waals surface area contributed by atoms with Gasteiger partial charge in [0.15, 0.2) is 0 Å². The van der Waals surface area contributed by atoms with E-state index in [2.05, 4.69) is 12.2 Å². The first-order chi connectivity index (χ1) is 18.2. The van der Waals surface area contributed by atoms with Gasteiger partial charge in [-0.2, -0.15) is 13.2 Å². The maximum Gasteiger partial charge on any atom is 0.416 e. The molecular weight excluding hydrogens is 493 g/mol. The van der Waals surface area contributed by atoms with Crippen molar-refractivity contribution in [1.29, 1.82) is 0 Å². The molecule has 0 unspecified atom stereocenters. The molecule has 2 rings (SSSR count). The number of rotatable bonds is 17. The molecule has 0 fully saturated rings. The highest BCUT2D eigenvalue weighted by Crippen LogP contribution is 2.30. The van der Waals surface area contributed by atoms with Crippen molar-refractivity contribution in [1.82, 2.24) is 10.4 Å². The number of halogens is 3. The van der Waals surface area contributed by atoms with Gasteiger partial charge in [-0.15, -0.1) is 5.06 Å². The Kier molecular flexibility index (Phi) is 13.9. The quantitative estimate of drug-likeness (QED) is 0.166. The Morgan fingerprint density at radius 1 is 0.816 bits per heavy atom. The number of nitrogens with one attached hydrogen (secondary N) is 1. The average molecular weight is 535 g/mol. The number of benzene rings is 2. The highest BCUT2D eigenvalue weighted by atomic mass is 19.4. The summed E-state index contributed by atoms with van der Waals surface area (Å²) >= 11 is 0. The van der Waals surface area contributed by atoms with Gasteiger partial charge in [-0.3, -0.25) is 9.59 Å². The van der Waals surface area contributed by atoms with Crippen molar-refractivity contribution < 1.29 is 27.6 Å². The minimum atomic E-state index is -4.45. The van der Waals surface area contributed by atoms with Gasteiger partial charge in [0.1, 0.15) is 0 Å². The van der Waals surface area contributed by atoms with Crippen molar-refractivity contribution in [3.63, 3.8) is 0 Å². The smallest absolute Gasteiger partial charge is 0.368 e. The molecule has 8 heteroatoms. The van der Waals surface area contributed by atoms with Crippen LogP contribution in [-0.2, 0) is 28.9 Å². The molecule has 2 aromatic rings. The SMILES string of the molecule is CCCCCCCCCCCCNC(=O)c1ccc(CN(Cc2cccc(C(F)(F)F)c2)OC(C)=O)cc1. The normalized spacial score (nSPS) is 11.5. The Balaban J connectivity index is 1.77. The minimum Gasteiger partial charge on any atom is -0.368 e. The van der Waals surface area contributed by atoms with Crippen LogP contribution in [0.15, 0.2) is 48.5 Å². The summed E-state index contributed by atoms with van der Waals surface area (Å²) in [6, 6.07) is 11.8. The molecule has 0 radical (unpaired) electrons. The van der Waals surface area contributed by atoms with E-state index >= 15 is 0 Å². The molecule has 0 aliphatic carbocycles. The van der Waals surface area contributed by atoms with Gasteiger partial charge in [0.2, 0.25) is 0 Å². The molecule has 0 spiro atoms. The molecule has 0 aliphatic rings. The Morgan fingerprint density at radius 2 is 1.39 bits per heavy atom. The van der Waals surface area contributed by atoms with Crippen LogP contribution >= 0.6 is 0 Å². The highest BCUT2D eigenvalue weighted by molar-refractivity contribution is 5.94. The van der Waals surface area contributed by atoms with Gasteiger partial charge >= 0.3 is 12.1 Å². The van der Waals surface area contributed by atoms with Crippen molar-refractivity contribution in [2.75, 3.05) is 6.54 Å². The largest absolute Gasteiger partial charge is 0.416 e. The number of amides is 1. The van der Waals surface area contributed by atoms with Gasteiger partial charge in [-0.25, -0.2) is 0 Å². The molecule has 0 atom stereocenters. The Morgan fingerprint density at radius 3 is 1.97 bits per heavy atom. The predicted octanol–water partition coefficient (Wildman–Crippen LogP) is 7.84. The van der Waals surface area contributed by atoms with Crippen molar-refractivity contribution >= 4 is 11.9 Å². The Labute approximate surface area is 224 Å². The van der Waals surface area contributed by atoms with Crippen molar-refractivity contribution in [2.24, 2.45) is 0 Å². The number of hydroxylamine groups is 2. The van der Waals surface area contributed by atoms with Crippen LogP contribution in [0.3, 0.4) is 0 Å². The molecule has 1 N–H and O–H groups in total. The number of hydrogen-bond donors (Lipinski definition) is 1. The third kappa shape index (κ3) is 12.6. The number of hydrogen-bond acceptors (Lipinski definition) is 4. The summed E-state index contributed by atoms with van der Waals surface area (Å²) in [6.07, 6.45) is 7.93. The number of unbranched alkanes of at least 4 members (excludes halogenated alkanes) is 9. The number of carbonyl (C=O) groups is 2.